The van der Waals surface area contributed by atoms with Gasteiger partial charge in [-0.25, -0.2) is 0 Å². The van der Waals surface area contributed by atoms with Crippen molar-refractivity contribution in [3.63, 3.8) is 0 Å². The second-order valence-corrected chi connectivity index (χ2v) is 5.72. The Balaban J connectivity index is 1.75. The highest BCUT2D eigenvalue weighted by atomic mass is 16.3. The molecule has 18 heavy (non-hydrogen) atoms. The van der Waals surface area contributed by atoms with Gasteiger partial charge < -0.3 is 10.0 Å². The van der Waals surface area contributed by atoms with Crippen molar-refractivity contribution in [3.8, 4) is 0 Å². The van der Waals surface area contributed by atoms with Crippen LogP contribution in [0.3, 0.4) is 0 Å². The maximum Gasteiger partial charge on any atom is 0.236 e. The molecule has 104 valence electrons. The molecule has 2 heterocycles. The fourth-order valence-electron chi connectivity index (χ4n) is 2.97. The zero-order valence-corrected chi connectivity index (χ0v) is 11.3. The van der Waals surface area contributed by atoms with Gasteiger partial charge in [0.2, 0.25) is 5.91 Å². The number of nitrogens with zero attached hydrogens (tertiary/aromatic N) is 2. The third kappa shape index (κ3) is 3.95. The molecule has 0 saturated carbocycles. The van der Waals surface area contributed by atoms with Gasteiger partial charge in [0.15, 0.2) is 0 Å². The quantitative estimate of drug-likeness (QED) is 0.820. The molecule has 0 aliphatic carbocycles. The Kier molecular flexibility index (Phi) is 5.45. The Morgan fingerprint density at radius 3 is 2.33 bits per heavy atom. The number of carbonyl (C=O) groups excluding carboxylic acids is 1. The zero-order valence-electron chi connectivity index (χ0n) is 11.3. The normalized spacial score (nSPS) is 26.9. The Bertz CT molecular complexity index is 263. The van der Waals surface area contributed by atoms with Crippen LogP contribution in [0.2, 0.25) is 0 Å². The van der Waals surface area contributed by atoms with Gasteiger partial charge in [0.25, 0.3) is 0 Å². The molecule has 0 aromatic heterocycles. The maximum absolute atomic E-state index is 12.2. The summed E-state index contributed by atoms with van der Waals surface area (Å²) in [5, 5.41) is 9.11. The molecular weight excluding hydrogens is 228 g/mol. The summed E-state index contributed by atoms with van der Waals surface area (Å²) in [5.41, 5.74) is 0. The van der Waals surface area contributed by atoms with Crippen LogP contribution in [0.5, 0.6) is 0 Å². The van der Waals surface area contributed by atoms with Crippen molar-refractivity contribution in [2.45, 2.75) is 38.5 Å². The zero-order chi connectivity index (χ0) is 12.8. The first-order chi connectivity index (χ1) is 8.79. The summed E-state index contributed by atoms with van der Waals surface area (Å²) in [6, 6.07) is 0. The molecule has 4 nitrogen and oxygen atoms in total. The summed E-state index contributed by atoms with van der Waals surface area (Å²) in [7, 11) is 0. The monoisotopic (exact) mass is 254 g/mol. The molecule has 2 fully saturated rings. The first-order valence-corrected chi connectivity index (χ1v) is 7.40. The maximum atomic E-state index is 12.2. The highest BCUT2D eigenvalue weighted by Crippen LogP contribution is 2.16. The lowest BCUT2D eigenvalue weighted by Gasteiger charge is -2.26. The number of hydrogen-bond donors (Lipinski definition) is 1. The van der Waals surface area contributed by atoms with Crippen molar-refractivity contribution in [1.29, 1.82) is 0 Å². The van der Waals surface area contributed by atoms with Crippen molar-refractivity contribution in [1.82, 2.24) is 9.80 Å². The lowest BCUT2D eigenvalue weighted by molar-refractivity contribution is -0.131. The second-order valence-electron chi connectivity index (χ2n) is 5.72. The summed E-state index contributed by atoms with van der Waals surface area (Å²) < 4.78 is 0. The Labute approximate surface area is 110 Å². The molecule has 0 aromatic carbocycles. The van der Waals surface area contributed by atoms with E-state index < -0.39 is 0 Å². The predicted molar refractivity (Wildman–Crippen MR) is 71.3 cm³/mol. The van der Waals surface area contributed by atoms with Gasteiger partial charge in [-0.15, -0.1) is 0 Å². The minimum absolute atomic E-state index is 0.216. The van der Waals surface area contributed by atoms with Gasteiger partial charge in [-0.2, -0.15) is 0 Å². The van der Waals surface area contributed by atoms with E-state index in [2.05, 4.69) is 4.90 Å². The van der Waals surface area contributed by atoms with Gasteiger partial charge >= 0.3 is 0 Å². The fourth-order valence-corrected chi connectivity index (χ4v) is 2.97. The molecule has 2 aliphatic rings. The summed E-state index contributed by atoms with van der Waals surface area (Å²) >= 11 is 0. The van der Waals surface area contributed by atoms with E-state index in [0.717, 1.165) is 32.6 Å². The molecule has 4 heteroatoms. The number of carbonyl (C=O) groups is 1. The van der Waals surface area contributed by atoms with Crippen LogP contribution in [0.15, 0.2) is 0 Å². The van der Waals surface area contributed by atoms with Crippen LogP contribution in [0, 0.1) is 5.92 Å². The first-order valence-electron chi connectivity index (χ1n) is 7.40. The van der Waals surface area contributed by atoms with Crippen LogP contribution >= 0.6 is 0 Å². The van der Waals surface area contributed by atoms with Crippen LogP contribution in [-0.2, 0) is 4.79 Å². The smallest absolute Gasteiger partial charge is 0.236 e. The molecule has 2 saturated heterocycles. The first kappa shape index (κ1) is 13.8. The highest BCUT2D eigenvalue weighted by molar-refractivity contribution is 5.78. The van der Waals surface area contributed by atoms with Crippen molar-refractivity contribution >= 4 is 5.91 Å². The average Bonchev–Trinajstić information content (AvgIpc) is 2.81. The molecule has 2 rings (SSSR count). The van der Waals surface area contributed by atoms with E-state index >= 15 is 0 Å². The number of aliphatic hydroxyl groups is 1. The highest BCUT2D eigenvalue weighted by Gasteiger charge is 2.26. The molecule has 0 aromatic rings. The number of aliphatic hydroxyl groups excluding tert-OH is 1. The number of hydrogen-bond acceptors (Lipinski definition) is 3. The molecule has 1 N–H and O–H groups in total. The molecule has 0 unspecified atom stereocenters. The van der Waals surface area contributed by atoms with Crippen molar-refractivity contribution in [2.75, 3.05) is 39.3 Å². The van der Waals surface area contributed by atoms with Crippen molar-refractivity contribution in [3.05, 3.63) is 0 Å². The van der Waals surface area contributed by atoms with Crippen LogP contribution in [0.1, 0.15) is 38.5 Å². The molecule has 0 radical (unpaired) electrons. The van der Waals surface area contributed by atoms with Gasteiger partial charge in [0.1, 0.15) is 0 Å². The molecule has 0 bridgehead atoms. The third-order valence-corrected chi connectivity index (χ3v) is 4.20. The van der Waals surface area contributed by atoms with Crippen LogP contribution in [0.25, 0.3) is 0 Å². The molecule has 2 aliphatic heterocycles. The number of likely N-dealkylation sites (tertiary alicyclic amines) is 2. The van der Waals surface area contributed by atoms with E-state index in [1.165, 1.54) is 32.1 Å². The SMILES string of the molecule is O=C(CN1CCCCCCC1)N1CC[C@H](CO)C1. The number of amides is 1. The van der Waals surface area contributed by atoms with Gasteiger partial charge in [0, 0.05) is 25.6 Å². The average molecular weight is 254 g/mol. The van der Waals surface area contributed by atoms with E-state index in [9.17, 15) is 4.79 Å². The van der Waals surface area contributed by atoms with Crippen LogP contribution in [0.4, 0.5) is 0 Å². The Morgan fingerprint density at radius 1 is 1.06 bits per heavy atom. The second kappa shape index (κ2) is 7.10. The standard InChI is InChI=1S/C14H26N2O2/c17-12-13-6-9-16(10-13)14(18)11-15-7-4-2-1-3-5-8-15/h13,17H,1-12H2/t13-/m0/s1. The van der Waals surface area contributed by atoms with Crippen molar-refractivity contribution < 1.29 is 9.90 Å². The molecular formula is C14H26N2O2. The summed E-state index contributed by atoms with van der Waals surface area (Å²) in [4.78, 5) is 16.4. The fraction of sp³-hybridized carbons (Fsp3) is 0.929. The summed E-state index contributed by atoms with van der Waals surface area (Å²) in [5.74, 6) is 0.563. The van der Waals surface area contributed by atoms with E-state index in [1.54, 1.807) is 0 Å². The van der Waals surface area contributed by atoms with Gasteiger partial charge in [-0.05, 0) is 32.4 Å². The molecule has 0 spiro atoms. The largest absolute Gasteiger partial charge is 0.396 e. The topological polar surface area (TPSA) is 43.8 Å². The number of rotatable bonds is 3. The third-order valence-electron chi connectivity index (χ3n) is 4.20. The summed E-state index contributed by atoms with van der Waals surface area (Å²) in [6.07, 6.45) is 7.38. The lowest BCUT2D eigenvalue weighted by atomic mass is 10.1. The summed E-state index contributed by atoms with van der Waals surface area (Å²) in [6.45, 7) is 4.53. The molecule has 1 atom stereocenters. The van der Waals surface area contributed by atoms with E-state index in [-0.39, 0.29) is 12.5 Å². The minimum Gasteiger partial charge on any atom is -0.396 e. The van der Waals surface area contributed by atoms with Gasteiger partial charge in [-0.1, -0.05) is 19.3 Å². The van der Waals surface area contributed by atoms with E-state index in [1.807, 2.05) is 4.90 Å². The Hall–Kier alpha value is -0.610. The van der Waals surface area contributed by atoms with E-state index in [0.29, 0.717) is 12.5 Å². The minimum atomic E-state index is 0.216. The van der Waals surface area contributed by atoms with E-state index in [4.69, 9.17) is 5.11 Å². The van der Waals surface area contributed by atoms with Crippen LogP contribution in [-0.4, -0.2) is 60.1 Å². The van der Waals surface area contributed by atoms with Gasteiger partial charge in [0.05, 0.1) is 6.54 Å². The predicted octanol–water partition coefficient (Wildman–Crippen LogP) is 1.09. The van der Waals surface area contributed by atoms with Crippen LogP contribution < -0.4 is 0 Å². The van der Waals surface area contributed by atoms with Crippen molar-refractivity contribution in [2.24, 2.45) is 5.92 Å². The van der Waals surface area contributed by atoms with Gasteiger partial charge in [-0.3, -0.25) is 9.69 Å². The molecule has 1 amide bonds. The Morgan fingerprint density at radius 2 is 1.72 bits per heavy atom. The lowest BCUT2D eigenvalue weighted by Crippen LogP contribution is -2.40.